The van der Waals surface area contributed by atoms with Gasteiger partial charge in [0.1, 0.15) is 0 Å². The molecule has 0 saturated heterocycles. The van der Waals surface area contributed by atoms with Crippen LogP contribution in [0.2, 0.25) is 0 Å². The normalized spacial score (nSPS) is 8.25. The van der Waals surface area contributed by atoms with Gasteiger partial charge in [-0.2, -0.15) is 13.7 Å². The minimum atomic E-state index is -3.67. The Bertz CT molecular complexity index is 155. The zero-order chi connectivity index (χ0) is 7.21. The third-order valence-corrected chi connectivity index (χ3v) is 0. The molecule has 0 aliphatic heterocycles. The van der Waals surface area contributed by atoms with Crippen LogP contribution in [0.3, 0.4) is 0 Å². The van der Waals surface area contributed by atoms with E-state index in [9.17, 15) is 8.42 Å². The van der Waals surface area contributed by atoms with Crippen LogP contribution in [0.4, 0.5) is 0 Å². The van der Waals surface area contributed by atoms with Gasteiger partial charge in [-0.3, -0.25) is 4.55 Å². The number of rotatable bonds is 0. The van der Waals surface area contributed by atoms with Gasteiger partial charge in [-0.05, 0) is 0 Å². The van der Waals surface area contributed by atoms with Gasteiger partial charge >= 0.3 is 0 Å². The maximum Gasteiger partial charge on any atom is 0.261 e. The molecular weight excluding hydrogens is 130 g/mol. The third-order valence-electron chi connectivity index (χ3n) is 0. The molecule has 0 spiro atoms. The van der Waals surface area contributed by atoms with E-state index < -0.39 is 10.1 Å². The highest BCUT2D eigenvalue weighted by Gasteiger charge is 1.81. The highest BCUT2D eigenvalue weighted by Crippen LogP contribution is 1.60. The molecule has 0 atom stereocenters. The van der Waals surface area contributed by atoms with Crippen LogP contribution in [0, 0.1) is 11.3 Å². The van der Waals surface area contributed by atoms with Gasteiger partial charge in [-0.15, -0.1) is 0 Å². The summed E-state index contributed by atoms with van der Waals surface area (Å²) in [5.41, 5.74) is 0. The molecule has 0 amide bonds. The van der Waals surface area contributed by atoms with E-state index in [1.54, 1.807) is 6.07 Å². The lowest BCUT2D eigenvalue weighted by Gasteiger charge is -1.69. The summed E-state index contributed by atoms with van der Waals surface area (Å²) >= 11 is 0. The van der Waals surface area contributed by atoms with Crippen molar-refractivity contribution in [2.45, 2.75) is 6.92 Å². The van der Waals surface area contributed by atoms with E-state index in [-0.39, 0.29) is 0 Å². The lowest BCUT2D eigenvalue weighted by Crippen LogP contribution is -1.88. The summed E-state index contributed by atoms with van der Waals surface area (Å²) in [5, 5.41) is 7.32. The zero-order valence-electron chi connectivity index (χ0n) is 4.62. The van der Waals surface area contributed by atoms with Crippen LogP contribution in [0.25, 0.3) is 0 Å². The number of hydrogen-bond donors (Lipinski definition) is 1. The van der Waals surface area contributed by atoms with Crippen molar-refractivity contribution in [3.05, 3.63) is 0 Å². The van der Waals surface area contributed by atoms with Gasteiger partial charge < -0.3 is 0 Å². The second kappa shape index (κ2) is 4.56. The van der Waals surface area contributed by atoms with E-state index >= 15 is 0 Å². The average molecular weight is 137 g/mol. The largest absolute Gasteiger partial charge is 0.286 e. The molecule has 0 aliphatic rings. The molecule has 5 heteroatoms. The number of hydrogen-bond acceptors (Lipinski definition) is 3. The second-order valence-electron chi connectivity index (χ2n) is 0.957. The van der Waals surface area contributed by atoms with Crippen molar-refractivity contribution in [1.29, 1.82) is 5.26 Å². The van der Waals surface area contributed by atoms with Gasteiger partial charge in [0.05, 0.1) is 12.3 Å². The van der Waals surface area contributed by atoms with Gasteiger partial charge in [-0.25, -0.2) is 0 Å². The molecule has 0 unspecified atom stereocenters. The van der Waals surface area contributed by atoms with Crippen molar-refractivity contribution in [2.24, 2.45) is 0 Å². The van der Waals surface area contributed by atoms with E-state index in [1.165, 1.54) is 6.92 Å². The molecule has 48 valence electrons. The molecule has 0 bridgehead atoms. The fraction of sp³-hybridized carbons (Fsp3) is 0.667. The first-order valence-electron chi connectivity index (χ1n) is 1.65. The van der Waals surface area contributed by atoms with Crippen molar-refractivity contribution >= 4 is 10.1 Å². The minimum Gasteiger partial charge on any atom is -0.286 e. The van der Waals surface area contributed by atoms with Crippen LogP contribution < -0.4 is 0 Å². The molecule has 0 saturated carbocycles. The summed E-state index contributed by atoms with van der Waals surface area (Å²) in [6.45, 7) is 1.43. The smallest absolute Gasteiger partial charge is 0.261 e. The Hall–Kier alpha value is -0.600. The standard InChI is InChI=1S/C2H3N.CH4O3S/c1-2-3;1-5(2,3)4/h1H3;1H3,(H,2,3,4). The first kappa shape index (κ1) is 10.4. The average Bonchev–Trinajstić information content (AvgIpc) is 1.27. The Morgan fingerprint density at radius 3 is 1.62 bits per heavy atom. The van der Waals surface area contributed by atoms with Crippen LogP contribution >= 0.6 is 0 Å². The van der Waals surface area contributed by atoms with Crippen LogP contribution in [0.15, 0.2) is 0 Å². The molecule has 0 fully saturated rings. The predicted molar refractivity (Wildman–Crippen MR) is 28.8 cm³/mol. The van der Waals surface area contributed by atoms with Gasteiger partial charge in [-0.1, -0.05) is 0 Å². The van der Waals surface area contributed by atoms with Crippen molar-refractivity contribution in [1.82, 2.24) is 0 Å². The molecular formula is C3H7NO3S. The highest BCUT2D eigenvalue weighted by molar-refractivity contribution is 7.85. The van der Waals surface area contributed by atoms with Gasteiger partial charge in [0.2, 0.25) is 0 Å². The zero-order valence-corrected chi connectivity index (χ0v) is 5.44. The van der Waals surface area contributed by atoms with Crippen LogP contribution in [0.1, 0.15) is 6.92 Å². The van der Waals surface area contributed by atoms with Crippen molar-refractivity contribution in [3.8, 4) is 6.07 Å². The lowest BCUT2D eigenvalue weighted by molar-refractivity contribution is 0.490. The summed E-state index contributed by atoms with van der Waals surface area (Å²) in [5.74, 6) is 0. The molecule has 8 heavy (non-hydrogen) atoms. The molecule has 0 radical (unpaired) electrons. The Morgan fingerprint density at radius 2 is 1.62 bits per heavy atom. The first-order chi connectivity index (χ1) is 3.41. The molecule has 0 rings (SSSR count). The van der Waals surface area contributed by atoms with Crippen LogP contribution in [0.5, 0.6) is 0 Å². The molecule has 0 aromatic carbocycles. The molecule has 1 N–H and O–H groups in total. The fourth-order valence-electron chi connectivity index (χ4n) is 0. The topological polar surface area (TPSA) is 78.2 Å². The van der Waals surface area contributed by atoms with E-state index in [1.807, 2.05) is 0 Å². The highest BCUT2D eigenvalue weighted by atomic mass is 32.2. The monoisotopic (exact) mass is 137 g/mol. The molecule has 4 nitrogen and oxygen atoms in total. The van der Waals surface area contributed by atoms with E-state index in [2.05, 4.69) is 0 Å². The minimum absolute atomic E-state index is 0.715. The Balaban J connectivity index is 0. The van der Waals surface area contributed by atoms with Gasteiger partial charge in [0, 0.05) is 6.92 Å². The maximum absolute atomic E-state index is 9.19. The SMILES string of the molecule is CC#N.CS(=O)(=O)O. The molecule has 0 aromatic heterocycles. The maximum atomic E-state index is 9.19. The second-order valence-corrected chi connectivity index (χ2v) is 2.42. The Kier molecular flexibility index (Phi) is 5.92. The van der Waals surface area contributed by atoms with Crippen molar-refractivity contribution < 1.29 is 13.0 Å². The Labute approximate surface area is 48.5 Å². The quantitative estimate of drug-likeness (QED) is 0.478. The summed E-state index contributed by atoms with van der Waals surface area (Å²) in [6.07, 6.45) is 0.715. The predicted octanol–water partition coefficient (Wildman–Crippen LogP) is 0.0339. The fourth-order valence-corrected chi connectivity index (χ4v) is 0. The van der Waals surface area contributed by atoms with Crippen LogP contribution in [-0.4, -0.2) is 19.2 Å². The van der Waals surface area contributed by atoms with Crippen LogP contribution in [-0.2, 0) is 10.1 Å². The Morgan fingerprint density at radius 1 is 1.62 bits per heavy atom. The first-order valence-corrected chi connectivity index (χ1v) is 3.50. The van der Waals surface area contributed by atoms with Gasteiger partial charge in [0.15, 0.2) is 0 Å². The molecule has 0 aromatic rings. The third kappa shape index (κ3) is 290. The summed E-state index contributed by atoms with van der Waals surface area (Å²) in [4.78, 5) is 0. The van der Waals surface area contributed by atoms with Crippen molar-refractivity contribution in [2.75, 3.05) is 6.26 Å². The lowest BCUT2D eigenvalue weighted by atomic mass is 11.0. The number of nitriles is 1. The van der Waals surface area contributed by atoms with E-state index in [0.29, 0.717) is 6.26 Å². The number of nitrogens with zero attached hydrogens (tertiary/aromatic N) is 1. The summed E-state index contributed by atoms with van der Waals surface area (Å²) < 4.78 is 25.9. The summed E-state index contributed by atoms with van der Waals surface area (Å²) in [7, 11) is -3.67. The summed E-state index contributed by atoms with van der Waals surface area (Å²) in [6, 6.07) is 1.75. The van der Waals surface area contributed by atoms with Crippen molar-refractivity contribution in [3.63, 3.8) is 0 Å². The molecule has 0 heterocycles. The van der Waals surface area contributed by atoms with E-state index in [4.69, 9.17) is 9.81 Å². The van der Waals surface area contributed by atoms with Gasteiger partial charge in [0.25, 0.3) is 10.1 Å². The molecule has 0 aliphatic carbocycles. The van der Waals surface area contributed by atoms with E-state index in [0.717, 1.165) is 0 Å².